The Bertz CT molecular complexity index is 636. The Morgan fingerprint density at radius 3 is 2.33 bits per heavy atom. The molecule has 110 valence electrons. The molecule has 0 saturated carbocycles. The standard InChI is InChI=1S/C17H20N2O2/c1-12-9-15(7-8-16(12)20)17(21)19(2)11-14-5-3-13(10-18)4-6-14/h3-9,20H,10-11,18H2,1-2H3. The molecule has 0 bridgehead atoms. The number of amides is 1. The van der Waals surface area contributed by atoms with E-state index in [1.54, 1.807) is 37.1 Å². The molecule has 3 N–H and O–H groups in total. The van der Waals surface area contributed by atoms with Gasteiger partial charge >= 0.3 is 0 Å². The summed E-state index contributed by atoms with van der Waals surface area (Å²) in [5.74, 6) is 0.132. The van der Waals surface area contributed by atoms with Crippen LogP contribution in [0.3, 0.4) is 0 Å². The Morgan fingerprint density at radius 1 is 1.14 bits per heavy atom. The van der Waals surface area contributed by atoms with E-state index >= 15 is 0 Å². The predicted octanol–water partition coefficient (Wildman–Crippen LogP) is 2.43. The van der Waals surface area contributed by atoms with E-state index in [9.17, 15) is 9.90 Å². The number of carbonyl (C=O) groups is 1. The zero-order valence-electron chi connectivity index (χ0n) is 12.3. The summed E-state index contributed by atoms with van der Waals surface area (Å²) < 4.78 is 0. The van der Waals surface area contributed by atoms with Crippen LogP contribution in [0.15, 0.2) is 42.5 Å². The minimum absolute atomic E-state index is 0.0685. The van der Waals surface area contributed by atoms with Crippen LogP contribution in [0.1, 0.15) is 27.0 Å². The molecule has 0 aliphatic carbocycles. The van der Waals surface area contributed by atoms with Crippen molar-refractivity contribution < 1.29 is 9.90 Å². The Hall–Kier alpha value is -2.33. The van der Waals surface area contributed by atoms with Gasteiger partial charge in [0.05, 0.1) is 0 Å². The molecule has 0 aliphatic heterocycles. The highest BCUT2D eigenvalue weighted by molar-refractivity contribution is 5.94. The summed E-state index contributed by atoms with van der Waals surface area (Å²) in [6.07, 6.45) is 0. The SMILES string of the molecule is Cc1cc(C(=O)N(C)Cc2ccc(CN)cc2)ccc1O. The van der Waals surface area contributed by atoms with Crippen molar-refractivity contribution in [2.45, 2.75) is 20.0 Å². The van der Waals surface area contributed by atoms with Crippen LogP contribution in [0.2, 0.25) is 0 Å². The summed E-state index contributed by atoms with van der Waals surface area (Å²) in [5, 5.41) is 9.51. The van der Waals surface area contributed by atoms with Gasteiger partial charge in [0.1, 0.15) is 5.75 Å². The molecule has 2 aromatic carbocycles. The van der Waals surface area contributed by atoms with Gasteiger partial charge in [0, 0.05) is 25.7 Å². The van der Waals surface area contributed by atoms with Gasteiger partial charge in [-0.3, -0.25) is 4.79 Å². The summed E-state index contributed by atoms with van der Waals surface area (Å²) >= 11 is 0. The van der Waals surface area contributed by atoms with Crippen molar-refractivity contribution in [3.63, 3.8) is 0 Å². The molecule has 0 aromatic heterocycles. The minimum Gasteiger partial charge on any atom is -0.508 e. The molecule has 2 rings (SSSR count). The molecule has 0 saturated heterocycles. The molecule has 0 atom stereocenters. The zero-order chi connectivity index (χ0) is 15.4. The van der Waals surface area contributed by atoms with Gasteiger partial charge in [-0.05, 0) is 41.8 Å². The van der Waals surface area contributed by atoms with E-state index < -0.39 is 0 Å². The normalized spacial score (nSPS) is 10.4. The Kier molecular flexibility index (Phi) is 4.60. The topological polar surface area (TPSA) is 66.6 Å². The van der Waals surface area contributed by atoms with Crippen molar-refractivity contribution in [3.8, 4) is 5.75 Å². The first-order valence-electron chi connectivity index (χ1n) is 6.84. The second-order valence-corrected chi connectivity index (χ2v) is 5.18. The summed E-state index contributed by atoms with van der Waals surface area (Å²) in [6.45, 7) is 2.82. The molecule has 0 aliphatic rings. The molecule has 4 nitrogen and oxygen atoms in total. The van der Waals surface area contributed by atoms with Gasteiger partial charge < -0.3 is 15.7 Å². The molecule has 2 aromatic rings. The van der Waals surface area contributed by atoms with Gasteiger partial charge in [0.15, 0.2) is 0 Å². The van der Waals surface area contributed by atoms with Gasteiger partial charge in [0.25, 0.3) is 5.91 Å². The fourth-order valence-electron chi connectivity index (χ4n) is 2.14. The lowest BCUT2D eigenvalue weighted by molar-refractivity contribution is 0.0785. The van der Waals surface area contributed by atoms with E-state index in [1.165, 1.54) is 0 Å². The van der Waals surface area contributed by atoms with E-state index in [-0.39, 0.29) is 11.7 Å². The Balaban J connectivity index is 2.09. The smallest absolute Gasteiger partial charge is 0.253 e. The number of carbonyl (C=O) groups excluding carboxylic acids is 1. The third-order valence-corrected chi connectivity index (χ3v) is 3.47. The van der Waals surface area contributed by atoms with Crippen molar-refractivity contribution in [1.82, 2.24) is 4.90 Å². The molecule has 0 fully saturated rings. The molecule has 0 spiro atoms. The van der Waals surface area contributed by atoms with Crippen LogP contribution in [-0.4, -0.2) is 23.0 Å². The van der Waals surface area contributed by atoms with Crippen LogP contribution in [0, 0.1) is 6.92 Å². The fraction of sp³-hybridized carbons (Fsp3) is 0.235. The van der Waals surface area contributed by atoms with Crippen molar-refractivity contribution >= 4 is 5.91 Å². The van der Waals surface area contributed by atoms with Crippen LogP contribution >= 0.6 is 0 Å². The first-order chi connectivity index (χ1) is 10.0. The molecule has 0 heterocycles. The highest BCUT2D eigenvalue weighted by atomic mass is 16.3. The van der Waals surface area contributed by atoms with Gasteiger partial charge in [0.2, 0.25) is 0 Å². The van der Waals surface area contributed by atoms with Gasteiger partial charge in [-0.2, -0.15) is 0 Å². The van der Waals surface area contributed by atoms with E-state index in [1.807, 2.05) is 24.3 Å². The highest BCUT2D eigenvalue weighted by Gasteiger charge is 2.13. The third kappa shape index (κ3) is 3.61. The number of hydrogen-bond acceptors (Lipinski definition) is 3. The number of benzene rings is 2. The monoisotopic (exact) mass is 284 g/mol. The van der Waals surface area contributed by atoms with E-state index in [0.29, 0.717) is 24.2 Å². The molecular weight excluding hydrogens is 264 g/mol. The average Bonchev–Trinajstić information content (AvgIpc) is 2.50. The van der Waals surface area contributed by atoms with Crippen molar-refractivity contribution in [3.05, 3.63) is 64.7 Å². The predicted molar refractivity (Wildman–Crippen MR) is 83.0 cm³/mol. The number of hydrogen-bond donors (Lipinski definition) is 2. The largest absolute Gasteiger partial charge is 0.508 e. The number of phenolic OH excluding ortho intramolecular Hbond substituents is 1. The Labute approximate surface area is 124 Å². The quantitative estimate of drug-likeness (QED) is 0.906. The van der Waals surface area contributed by atoms with Crippen LogP contribution in [0.4, 0.5) is 0 Å². The number of nitrogens with zero attached hydrogens (tertiary/aromatic N) is 1. The Morgan fingerprint density at radius 2 is 1.76 bits per heavy atom. The maximum Gasteiger partial charge on any atom is 0.253 e. The fourth-order valence-corrected chi connectivity index (χ4v) is 2.14. The van der Waals surface area contributed by atoms with E-state index in [2.05, 4.69) is 0 Å². The summed E-state index contributed by atoms with van der Waals surface area (Å²) in [6, 6.07) is 12.8. The molecule has 0 radical (unpaired) electrons. The molecule has 21 heavy (non-hydrogen) atoms. The minimum atomic E-state index is -0.0685. The van der Waals surface area contributed by atoms with Gasteiger partial charge in [-0.25, -0.2) is 0 Å². The van der Waals surface area contributed by atoms with E-state index in [0.717, 1.165) is 11.1 Å². The second-order valence-electron chi connectivity index (χ2n) is 5.18. The lowest BCUT2D eigenvalue weighted by atomic mass is 10.1. The van der Waals surface area contributed by atoms with Crippen LogP contribution in [0.25, 0.3) is 0 Å². The van der Waals surface area contributed by atoms with Crippen molar-refractivity contribution in [2.75, 3.05) is 7.05 Å². The number of aromatic hydroxyl groups is 1. The maximum absolute atomic E-state index is 12.4. The number of rotatable bonds is 4. The van der Waals surface area contributed by atoms with E-state index in [4.69, 9.17) is 5.73 Å². The number of aryl methyl sites for hydroxylation is 1. The van der Waals surface area contributed by atoms with Crippen LogP contribution in [-0.2, 0) is 13.1 Å². The molecule has 0 unspecified atom stereocenters. The summed E-state index contributed by atoms with van der Waals surface area (Å²) in [7, 11) is 1.77. The van der Waals surface area contributed by atoms with Gasteiger partial charge in [-0.1, -0.05) is 24.3 Å². The van der Waals surface area contributed by atoms with Gasteiger partial charge in [-0.15, -0.1) is 0 Å². The summed E-state index contributed by atoms with van der Waals surface area (Å²) in [5.41, 5.74) is 8.96. The lowest BCUT2D eigenvalue weighted by Crippen LogP contribution is -2.26. The second kappa shape index (κ2) is 6.41. The number of phenols is 1. The zero-order valence-corrected chi connectivity index (χ0v) is 12.3. The average molecular weight is 284 g/mol. The first-order valence-corrected chi connectivity index (χ1v) is 6.84. The third-order valence-electron chi connectivity index (χ3n) is 3.47. The van der Waals surface area contributed by atoms with Crippen molar-refractivity contribution in [2.24, 2.45) is 5.73 Å². The van der Waals surface area contributed by atoms with Crippen LogP contribution < -0.4 is 5.73 Å². The highest BCUT2D eigenvalue weighted by Crippen LogP contribution is 2.18. The first kappa shape index (κ1) is 15.1. The molecule has 1 amide bonds. The lowest BCUT2D eigenvalue weighted by Gasteiger charge is -2.18. The molecular formula is C17H20N2O2. The summed E-state index contributed by atoms with van der Waals surface area (Å²) in [4.78, 5) is 14.0. The maximum atomic E-state index is 12.4. The van der Waals surface area contributed by atoms with Crippen molar-refractivity contribution in [1.29, 1.82) is 0 Å². The number of nitrogens with two attached hydrogens (primary N) is 1. The van der Waals surface area contributed by atoms with Crippen LogP contribution in [0.5, 0.6) is 5.75 Å². The molecule has 4 heteroatoms.